The molecule has 0 unspecified atom stereocenters. The highest BCUT2D eigenvalue weighted by Crippen LogP contribution is 2.47. The van der Waals surface area contributed by atoms with Crippen molar-refractivity contribution < 1.29 is 23.9 Å². The predicted molar refractivity (Wildman–Crippen MR) is 153 cm³/mol. The van der Waals surface area contributed by atoms with Crippen LogP contribution in [0.3, 0.4) is 0 Å². The standard InChI is InChI=1S/C33H34N2O5/c1-19-9-15-23(16-10-19)40-26-24(31(2,3)4)17-21(18-25(26)32(5,6)7)20-11-13-22(14-12-20)35-29(38)33(30(35)39)27(36)34(8)28(33)37/h9-18H,1-8H3. The van der Waals surface area contributed by atoms with E-state index in [1.165, 1.54) is 7.05 Å². The Morgan fingerprint density at radius 1 is 0.650 bits per heavy atom. The van der Waals surface area contributed by atoms with E-state index in [4.69, 9.17) is 4.74 Å². The third-order valence-corrected chi connectivity index (χ3v) is 7.70. The van der Waals surface area contributed by atoms with Gasteiger partial charge in [0.15, 0.2) is 0 Å². The number of β-lactam (4-membered cyclic amide) rings is 4. The van der Waals surface area contributed by atoms with E-state index in [1.54, 1.807) is 12.1 Å². The van der Waals surface area contributed by atoms with Crippen LogP contribution in [-0.4, -0.2) is 35.6 Å². The molecule has 3 aromatic rings. The highest BCUT2D eigenvalue weighted by molar-refractivity contribution is 6.59. The molecular formula is C33H34N2O5. The van der Waals surface area contributed by atoms with Crippen LogP contribution in [-0.2, 0) is 30.0 Å². The van der Waals surface area contributed by atoms with Gasteiger partial charge >= 0.3 is 0 Å². The summed E-state index contributed by atoms with van der Waals surface area (Å²) in [6, 6.07) is 19.3. The molecular weight excluding hydrogens is 504 g/mol. The van der Waals surface area contributed by atoms with Crippen LogP contribution in [0, 0.1) is 12.3 Å². The first-order chi connectivity index (χ1) is 18.6. The van der Waals surface area contributed by atoms with Crippen molar-refractivity contribution in [2.45, 2.75) is 59.3 Å². The molecule has 2 heterocycles. The summed E-state index contributed by atoms with van der Waals surface area (Å²) < 4.78 is 6.56. The fourth-order valence-corrected chi connectivity index (χ4v) is 5.25. The lowest BCUT2D eigenvalue weighted by Crippen LogP contribution is -2.83. The Kier molecular flexibility index (Phi) is 6.06. The maximum atomic E-state index is 12.8. The van der Waals surface area contributed by atoms with Gasteiger partial charge in [0.05, 0.1) is 5.69 Å². The Labute approximate surface area is 234 Å². The van der Waals surface area contributed by atoms with Crippen molar-refractivity contribution in [2.24, 2.45) is 5.41 Å². The van der Waals surface area contributed by atoms with Crippen LogP contribution in [0.25, 0.3) is 11.1 Å². The molecule has 5 rings (SSSR count). The number of nitrogens with zero attached hydrogens (tertiary/aromatic N) is 2. The number of anilines is 1. The fraction of sp³-hybridized carbons (Fsp3) is 0.333. The lowest BCUT2D eigenvalue weighted by atomic mass is 9.69. The average Bonchev–Trinajstić information content (AvgIpc) is 2.89. The number of aryl methyl sites for hydroxylation is 1. The molecule has 0 bridgehead atoms. The summed E-state index contributed by atoms with van der Waals surface area (Å²) in [5, 5.41) is 0. The number of likely N-dealkylation sites (tertiary alicyclic amines) is 1. The lowest BCUT2D eigenvalue weighted by Gasteiger charge is -2.51. The minimum atomic E-state index is -2.18. The highest BCUT2D eigenvalue weighted by atomic mass is 16.5. The van der Waals surface area contributed by atoms with Gasteiger partial charge in [-0.2, -0.15) is 0 Å². The van der Waals surface area contributed by atoms with Crippen LogP contribution in [0.1, 0.15) is 58.2 Å². The quantitative estimate of drug-likeness (QED) is 0.305. The highest BCUT2D eigenvalue weighted by Gasteiger charge is 2.79. The molecule has 0 aliphatic carbocycles. The molecule has 2 saturated heterocycles. The molecule has 7 nitrogen and oxygen atoms in total. The topological polar surface area (TPSA) is 84.0 Å². The SMILES string of the molecule is Cc1ccc(Oc2c(C(C)(C)C)cc(-c3ccc(N4C(=O)C5(C(=O)N(C)C5=O)C4=O)cc3)cc2C(C)(C)C)cc1. The second-order valence-electron chi connectivity index (χ2n) is 12.7. The molecule has 4 amide bonds. The molecule has 0 aromatic heterocycles. The zero-order chi connectivity index (χ0) is 29.4. The van der Waals surface area contributed by atoms with E-state index in [2.05, 4.69) is 53.7 Å². The van der Waals surface area contributed by atoms with Crippen molar-refractivity contribution in [1.29, 1.82) is 0 Å². The van der Waals surface area contributed by atoms with E-state index in [1.807, 2.05) is 43.3 Å². The second kappa shape index (κ2) is 8.88. The Hall–Kier alpha value is -4.26. The lowest BCUT2D eigenvalue weighted by molar-refractivity contribution is -0.184. The van der Waals surface area contributed by atoms with Crippen molar-refractivity contribution >= 4 is 29.3 Å². The smallest absolute Gasteiger partial charge is 0.285 e. The molecule has 206 valence electrons. The Balaban J connectivity index is 1.53. The van der Waals surface area contributed by atoms with E-state index >= 15 is 0 Å². The van der Waals surface area contributed by atoms with Gasteiger partial charge in [0.2, 0.25) is 0 Å². The first-order valence-electron chi connectivity index (χ1n) is 13.3. The van der Waals surface area contributed by atoms with Gasteiger partial charge in [0.25, 0.3) is 29.0 Å². The summed E-state index contributed by atoms with van der Waals surface area (Å²) in [6.45, 7) is 15.0. The normalized spacial score (nSPS) is 16.8. The van der Waals surface area contributed by atoms with Crippen molar-refractivity contribution in [3.05, 3.63) is 77.4 Å². The van der Waals surface area contributed by atoms with Gasteiger partial charge in [-0.25, -0.2) is 4.90 Å². The van der Waals surface area contributed by atoms with Gasteiger partial charge in [-0.1, -0.05) is 71.4 Å². The van der Waals surface area contributed by atoms with Gasteiger partial charge in [0, 0.05) is 18.2 Å². The summed E-state index contributed by atoms with van der Waals surface area (Å²) >= 11 is 0. The largest absolute Gasteiger partial charge is 0.457 e. The van der Waals surface area contributed by atoms with Crippen LogP contribution in [0.4, 0.5) is 5.69 Å². The van der Waals surface area contributed by atoms with Gasteiger partial charge < -0.3 is 4.74 Å². The fourth-order valence-electron chi connectivity index (χ4n) is 5.25. The summed E-state index contributed by atoms with van der Waals surface area (Å²) in [7, 11) is 1.27. The van der Waals surface area contributed by atoms with Crippen LogP contribution in [0.15, 0.2) is 60.7 Å². The molecule has 2 fully saturated rings. The molecule has 1 spiro atoms. The molecule has 0 N–H and O–H groups in total. The maximum absolute atomic E-state index is 12.8. The number of hydrogen-bond acceptors (Lipinski definition) is 5. The van der Waals surface area contributed by atoms with E-state index in [0.29, 0.717) is 5.69 Å². The van der Waals surface area contributed by atoms with Crippen LogP contribution < -0.4 is 9.64 Å². The third-order valence-electron chi connectivity index (χ3n) is 7.70. The van der Waals surface area contributed by atoms with Crippen LogP contribution in [0.2, 0.25) is 0 Å². The van der Waals surface area contributed by atoms with E-state index in [0.717, 1.165) is 49.1 Å². The summed E-state index contributed by atoms with van der Waals surface area (Å²) in [6.07, 6.45) is 0. The van der Waals surface area contributed by atoms with Gasteiger partial charge in [-0.3, -0.25) is 24.1 Å². The third kappa shape index (κ3) is 3.95. The van der Waals surface area contributed by atoms with Crippen molar-refractivity contribution in [3.8, 4) is 22.6 Å². The number of amides is 4. The predicted octanol–water partition coefficient (Wildman–Crippen LogP) is 5.91. The van der Waals surface area contributed by atoms with Crippen molar-refractivity contribution in [3.63, 3.8) is 0 Å². The Bertz CT molecular complexity index is 1500. The molecule has 0 radical (unpaired) electrons. The maximum Gasteiger partial charge on any atom is 0.285 e. The van der Waals surface area contributed by atoms with Gasteiger partial charge in [-0.15, -0.1) is 0 Å². The number of hydrogen-bond donors (Lipinski definition) is 0. The molecule has 40 heavy (non-hydrogen) atoms. The van der Waals surface area contributed by atoms with Crippen molar-refractivity contribution in [1.82, 2.24) is 4.90 Å². The first-order valence-corrected chi connectivity index (χ1v) is 13.3. The number of rotatable bonds is 4. The minimum absolute atomic E-state index is 0.226. The Morgan fingerprint density at radius 3 is 1.57 bits per heavy atom. The zero-order valence-electron chi connectivity index (χ0n) is 24.2. The molecule has 3 aromatic carbocycles. The average molecular weight is 539 g/mol. The molecule has 2 aliphatic heterocycles. The van der Waals surface area contributed by atoms with E-state index < -0.39 is 29.0 Å². The summed E-state index contributed by atoms with van der Waals surface area (Å²) in [4.78, 5) is 51.8. The summed E-state index contributed by atoms with van der Waals surface area (Å²) in [5.74, 6) is -1.50. The molecule has 7 heteroatoms. The zero-order valence-corrected chi connectivity index (χ0v) is 24.2. The monoisotopic (exact) mass is 538 g/mol. The van der Waals surface area contributed by atoms with Crippen molar-refractivity contribution in [2.75, 3.05) is 11.9 Å². The number of carbonyl (C=O) groups is 4. The number of carbonyl (C=O) groups excluding carboxylic acids is 4. The number of ether oxygens (including phenoxy) is 1. The van der Waals surface area contributed by atoms with E-state index in [9.17, 15) is 19.2 Å². The number of imide groups is 2. The molecule has 0 saturated carbocycles. The Morgan fingerprint density at radius 2 is 1.12 bits per heavy atom. The van der Waals surface area contributed by atoms with Crippen LogP contribution in [0.5, 0.6) is 11.5 Å². The van der Waals surface area contributed by atoms with E-state index in [-0.39, 0.29) is 10.8 Å². The second-order valence-corrected chi connectivity index (χ2v) is 12.7. The molecule has 2 aliphatic rings. The first kappa shape index (κ1) is 27.3. The van der Waals surface area contributed by atoms with Gasteiger partial charge in [-0.05, 0) is 65.3 Å². The number of benzene rings is 3. The minimum Gasteiger partial charge on any atom is -0.457 e. The van der Waals surface area contributed by atoms with Crippen LogP contribution >= 0.6 is 0 Å². The molecule has 0 atom stereocenters. The summed E-state index contributed by atoms with van der Waals surface area (Å²) in [5.41, 5.74) is 2.84. The van der Waals surface area contributed by atoms with Gasteiger partial charge in [0.1, 0.15) is 11.5 Å².